The Morgan fingerprint density at radius 3 is 2.80 bits per heavy atom. The Balaban J connectivity index is 2.59. The maximum Gasteiger partial charge on any atom is 0.338 e. The minimum atomic E-state index is -0.987. The van der Waals surface area contributed by atoms with Crippen LogP contribution in [0.4, 0.5) is 0 Å². The molecule has 1 aromatic heterocycles. The van der Waals surface area contributed by atoms with Gasteiger partial charge in [0.2, 0.25) is 0 Å². The van der Waals surface area contributed by atoms with Crippen molar-refractivity contribution in [1.82, 2.24) is 4.37 Å². The molecule has 5 heteroatoms. The Kier molecular flexibility index (Phi) is 2.70. The summed E-state index contributed by atoms with van der Waals surface area (Å²) >= 11 is 7.11. The van der Waals surface area contributed by atoms with Crippen LogP contribution in [0.1, 0.15) is 10.4 Å². The highest BCUT2D eigenvalue weighted by molar-refractivity contribution is 7.10. The molecule has 15 heavy (non-hydrogen) atoms. The molecule has 0 radical (unpaired) electrons. The zero-order chi connectivity index (χ0) is 10.8. The van der Waals surface area contributed by atoms with Crippen LogP contribution in [0.5, 0.6) is 0 Å². The van der Waals surface area contributed by atoms with Gasteiger partial charge in [0.25, 0.3) is 0 Å². The van der Waals surface area contributed by atoms with Crippen LogP contribution in [0.3, 0.4) is 0 Å². The van der Waals surface area contributed by atoms with Crippen LogP contribution >= 0.6 is 23.1 Å². The predicted molar refractivity (Wildman–Crippen MR) is 59.5 cm³/mol. The first kappa shape index (κ1) is 10.1. The quantitative estimate of drug-likeness (QED) is 0.876. The van der Waals surface area contributed by atoms with Crippen molar-refractivity contribution in [1.29, 1.82) is 0 Å². The molecule has 0 saturated carbocycles. The molecule has 0 atom stereocenters. The lowest BCUT2D eigenvalue weighted by Gasteiger charge is -2.01. The van der Waals surface area contributed by atoms with Crippen LogP contribution in [0.15, 0.2) is 30.5 Å². The third-order valence-electron chi connectivity index (χ3n) is 1.92. The van der Waals surface area contributed by atoms with Crippen molar-refractivity contribution in [2.75, 3.05) is 0 Å². The monoisotopic (exact) mass is 239 g/mol. The summed E-state index contributed by atoms with van der Waals surface area (Å²) in [6, 6.07) is 7.12. The number of carbonyl (C=O) groups is 1. The van der Waals surface area contributed by atoms with Gasteiger partial charge in [0.1, 0.15) is 0 Å². The van der Waals surface area contributed by atoms with Crippen LogP contribution < -0.4 is 0 Å². The third-order valence-corrected chi connectivity index (χ3v) is 3.08. The average molecular weight is 240 g/mol. The second-order valence-electron chi connectivity index (χ2n) is 2.85. The summed E-state index contributed by atoms with van der Waals surface area (Å²) in [5.41, 5.74) is 0.896. The van der Waals surface area contributed by atoms with Gasteiger partial charge in [0.15, 0.2) is 0 Å². The van der Waals surface area contributed by atoms with Crippen LogP contribution in [-0.2, 0) is 0 Å². The Labute approximate surface area is 95.1 Å². The Hall–Kier alpha value is -1.39. The van der Waals surface area contributed by atoms with Gasteiger partial charge in [-0.25, -0.2) is 4.79 Å². The second-order valence-corrected chi connectivity index (χ2v) is 4.06. The van der Waals surface area contributed by atoms with Gasteiger partial charge in [-0.05, 0) is 17.6 Å². The summed E-state index contributed by atoms with van der Waals surface area (Å²) in [6.07, 6.45) is 1.34. The fourth-order valence-corrected chi connectivity index (χ4v) is 2.30. The smallest absolute Gasteiger partial charge is 0.338 e. The number of nitrogens with zero attached hydrogens (tertiary/aromatic N) is 1. The van der Waals surface area contributed by atoms with Crippen LogP contribution in [0.2, 0.25) is 5.02 Å². The van der Waals surface area contributed by atoms with E-state index in [1.807, 2.05) is 6.07 Å². The molecule has 2 rings (SSSR count). The molecule has 76 valence electrons. The van der Waals surface area contributed by atoms with Gasteiger partial charge < -0.3 is 5.11 Å². The van der Waals surface area contributed by atoms with E-state index in [4.69, 9.17) is 16.7 Å². The standard InChI is InChI=1S/C10H6ClNO2S/c11-8-4-2-1-3-6(8)9-7(10(13)14)5-12-15-9/h1-5H,(H,13,14). The largest absolute Gasteiger partial charge is 0.478 e. The van der Waals surface area contributed by atoms with E-state index in [0.29, 0.717) is 15.5 Å². The molecule has 3 nitrogen and oxygen atoms in total. The van der Waals surface area contributed by atoms with Gasteiger partial charge in [-0.15, -0.1) is 0 Å². The minimum absolute atomic E-state index is 0.188. The lowest BCUT2D eigenvalue weighted by Crippen LogP contribution is -1.95. The highest BCUT2D eigenvalue weighted by Gasteiger charge is 2.15. The third kappa shape index (κ3) is 1.86. The molecule has 2 aromatic rings. The molecule has 0 amide bonds. The SMILES string of the molecule is O=C(O)c1cnsc1-c1ccccc1Cl. The molecule has 0 bridgehead atoms. The van der Waals surface area contributed by atoms with Crippen molar-refractivity contribution in [2.24, 2.45) is 0 Å². The Morgan fingerprint density at radius 1 is 1.40 bits per heavy atom. The van der Waals surface area contributed by atoms with Crippen molar-refractivity contribution in [3.63, 3.8) is 0 Å². The van der Waals surface area contributed by atoms with E-state index >= 15 is 0 Å². The van der Waals surface area contributed by atoms with Gasteiger partial charge in [-0.1, -0.05) is 29.8 Å². The number of rotatable bonds is 2. The van der Waals surface area contributed by atoms with Gasteiger partial charge >= 0.3 is 5.97 Å². The van der Waals surface area contributed by atoms with Gasteiger partial charge in [0.05, 0.1) is 16.6 Å². The fraction of sp³-hybridized carbons (Fsp3) is 0. The first-order valence-electron chi connectivity index (χ1n) is 4.13. The maximum absolute atomic E-state index is 10.9. The molecule has 1 heterocycles. The Morgan fingerprint density at radius 2 is 2.13 bits per heavy atom. The topological polar surface area (TPSA) is 50.2 Å². The highest BCUT2D eigenvalue weighted by Crippen LogP contribution is 2.32. The number of aromatic nitrogens is 1. The number of benzene rings is 1. The minimum Gasteiger partial charge on any atom is -0.478 e. The molecular formula is C10H6ClNO2S. The molecular weight excluding hydrogens is 234 g/mol. The lowest BCUT2D eigenvalue weighted by atomic mass is 10.1. The highest BCUT2D eigenvalue weighted by atomic mass is 35.5. The molecule has 0 aliphatic carbocycles. The van der Waals surface area contributed by atoms with Crippen molar-refractivity contribution in [3.05, 3.63) is 41.0 Å². The summed E-state index contributed by atoms with van der Waals surface area (Å²) in [5, 5.41) is 9.46. The number of aromatic carboxylic acids is 1. The van der Waals surface area contributed by atoms with Gasteiger partial charge in [-0.3, -0.25) is 0 Å². The van der Waals surface area contributed by atoms with Crippen LogP contribution in [0.25, 0.3) is 10.4 Å². The molecule has 1 N–H and O–H groups in total. The predicted octanol–water partition coefficient (Wildman–Crippen LogP) is 3.16. The molecule has 0 unspecified atom stereocenters. The number of halogens is 1. The molecule has 0 aliphatic rings. The molecule has 0 spiro atoms. The van der Waals surface area contributed by atoms with Gasteiger partial charge in [0, 0.05) is 10.6 Å². The zero-order valence-electron chi connectivity index (χ0n) is 7.48. The van der Waals surface area contributed by atoms with E-state index < -0.39 is 5.97 Å². The van der Waals surface area contributed by atoms with E-state index in [1.54, 1.807) is 18.2 Å². The van der Waals surface area contributed by atoms with Crippen LogP contribution in [0, 0.1) is 0 Å². The van der Waals surface area contributed by atoms with E-state index in [-0.39, 0.29) is 5.56 Å². The fourth-order valence-electron chi connectivity index (χ4n) is 1.23. The van der Waals surface area contributed by atoms with E-state index in [1.165, 1.54) is 6.20 Å². The number of hydrogen-bond acceptors (Lipinski definition) is 3. The molecule has 1 aromatic carbocycles. The molecule has 0 aliphatic heterocycles. The lowest BCUT2D eigenvalue weighted by molar-refractivity contribution is 0.0698. The van der Waals surface area contributed by atoms with E-state index in [2.05, 4.69) is 4.37 Å². The Bertz CT molecular complexity index is 510. The van der Waals surface area contributed by atoms with E-state index in [0.717, 1.165) is 11.5 Å². The maximum atomic E-state index is 10.9. The van der Waals surface area contributed by atoms with E-state index in [9.17, 15) is 4.79 Å². The summed E-state index contributed by atoms with van der Waals surface area (Å²) in [5.74, 6) is -0.987. The first-order chi connectivity index (χ1) is 7.20. The van der Waals surface area contributed by atoms with Crippen molar-refractivity contribution < 1.29 is 9.90 Å². The summed E-state index contributed by atoms with van der Waals surface area (Å²) < 4.78 is 3.86. The molecule has 0 saturated heterocycles. The number of carboxylic acid groups (broad SMARTS) is 1. The number of hydrogen-bond donors (Lipinski definition) is 1. The zero-order valence-corrected chi connectivity index (χ0v) is 9.05. The summed E-state index contributed by atoms with van der Waals surface area (Å²) in [6.45, 7) is 0. The van der Waals surface area contributed by atoms with Crippen LogP contribution in [-0.4, -0.2) is 15.4 Å². The normalized spacial score (nSPS) is 10.2. The number of carboxylic acids is 1. The molecule has 0 fully saturated rings. The summed E-state index contributed by atoms with van der Waals surface area (Å²) in [7, 11) is 0. The second kappa shape index (κ2) is 4.00. The van der Waals surface area contributed by atoms with Crippen molar-refractivity contribution in [2.45, 2.75) is 0 Å². The van der Waals surface area contributed by atoms with Crippen molar-refractivity contribution >= 4 is 29.1 Å². The first-order valence-corrected chi connectivity index (χ1v) is 5.28. The van der Waals surface area contributed by atoms with Crippen molar-refractivity contribution in [3.8, 4) is 10.4 Å². The van der Waals surface area contributed by atoms with Gasteiger partial charge in [-0.2, -0.15) is 4.37 Å². The average Bonchev–Trinajstić information content (AvgIpc) is 2.67. The summed E-state index contributed by atoms with van der Waals surface area (Å²) in [4.78, 5) is 11.5.